The fraction of sp³-hybridized carbons (Fsp3) is 0.849. The number of nitrogens with zero attached hydrogens (tertiary/aromatic N) is 1. The van der Waals surface area contributed by atoms with Gasteiger partial charge >= 0.3 is 7.82 Å². The summed E-state index contributed by atoms with van der Waals surface area (Å²) in [4.78, 5) is 23.5. The topological polar surface area (TPSA) is 105 Å². The zero-order chi connectivity index (χ0) is 69.0. The Hall–Kier alpha value is -2.06. The van der Waals surface area contributed by atoms with Crippen LogP contribution in [0.5, 0.6) is 0 Å². The Morgan fingerprint density at radius 1 is 0.368 bits per heavy atom. The third-order valence-corrected chi connectivity index (χ3v) is 20.1. The molecule has 0 rings (SSSR count). The number of carbonyl (C=O) groups is 1. The molecular weight excluding hydrogens is 1190 g/mol. The van der Waals surface area contributed by atoms with Gasteiger partial charge in [-0.1, -0.05) is 414 Å². The molecule has 0 aliphatic heterocycles. The molecular formula is C86H164N2O6P+. The fourth-order valence-electron chi connectivity index (χ4n) is 12.8. The largest absolute Gasteiger partial charge is 0.472 e. The SMILES string of the molecule is CC/C=C\C/C=C\C/C=C\C/C=C\CCCCCCCCCCCCCCCCCCCCCCCCCCCCCCC(=O)NC(COP(=O)(O)OCC[N+](C)(C)C)C(O)/C=C/CC/C=C/CCCCCCCCCCCCCCCCCCCCCCCCCCCC. The van der Waals surface area contributed by atoms with Gasteiger partial charge in [-0.25, -0.2) is 4.57 Å². The van der Waals surface area contributed by atoms with Crippen LogP contribution in [0.25, 0.3) is 0 Å². The van der Waals surface area contributed by atoms with E-state index in [2.05, 4.69) is 79.9 Å². The number of hydrogen-bond acceptors (Lipinski definition) is 5. The summed E-state index contributed by atoms with van der Waals surface area (Å²) < 4.78 is 23.9. The number of unbranched alkanes of at least 4 members (excludes halogenated alkanes) is 55. The van der Waals surface area contributed by atoms with Gasteiger partial charge in [-0.05, 0) is 70.6 Å². The van der Waals surface area contributed by atoms with Crippen molar-refractivity contribution in [1.82, 2.24) is 5.32 Å². The lowest BCUT2D eigenvalue weighted by atomic mass is 10.0. The van der Waals surface area contributed by atoms with Crippen LogP contribution >= 0.6 is 7.82 Å². The van der Waals surface area contributed by atoms with Gasteiger partial charge in [0.25, 0.3) is 0 Å². The number of phosphoric acid groups is 1. The summed E-state index contributed by atoms with van der Waals surface area (Å²) in [6.45, 7) is 4.74. The molecule has 3 atom stereocenters. The number of rotatable bonds is 78. The summed E-state index contributed by atoms with van der Waals surface area (Å²) in [5, 5.41) is 14.0. The van der Waals surface area contributed by atoms with Gasteiger partial charge in [0, 0.05) is 6.42 Å². The number of quaternary nitrogens is 1. The molecule has 0 saturated carbocycles. The number of aliphatic hydroxyl groups excluding tert-OH is 1. The molecule has 0 aromatic rings. The van der Waals surface area contributed by atoms with Crippen molar-refractivity contribution in [2.75, 3.05) is 40.9 Å². The van der Waals surface area contributed by atoms with E-state index in [-0.39, 0.29) is 19.1 Å². The van der Waals surface area contributed by atoms with Crippen molar-refractivity contribution in [2.45, 2.75) is 431 Å². The van der Waals surface area contributed by atoms with E-state index in [9.17, 15) is 19.4 Å². The van der Waals surface area contributed by atoms with Crippen molar-refractivity contribution in [3.8, 4) is 0 Å². The number of aliphatic hydroxyl groups is 1. The van der Waals surface area contributed by atoms with Crippen LogP contribution in [0.4, 0.5) is 0 Å². The lowest BCUT2D eigenvalue weighted by Gasteiger charge is -2.25. The Morgan fingerprint density at radius 2 is 0.642 bits per heavy atom. The number of nitrogens with one attached hydrogen (secondary N) is 1. The average molecular weight is 1350 g/mol. The molecule has 0 aromatic heterocycles. The number of phosphoric ester groups is 1. The molecule has 0 heterocycles. The van der Waals surface area contributed by atoms with E-state index < -0.39 is 20.0 Å². The van der Waals surface area contributed by atoms with Crippen LogP contribution in [-0.2, 0) is 18.4 Å². The normalized spacial score (nSPS) is 13.8. The highest BCUT2D eigenvalue weighted by Gasteiger charge is 2.28. The van der Waals surface area contributed by atoms with Gasteiger partial charge in [0.1, 0.15) is 13.2 Å². The Bertz CT molecular complexity index is 1790. The standard InChI is InChI=1S/C86H163N2O6P/c1-6-8-10-12-14-16-18-20-22-24-26-28-30-32-34-36-38-40-41-42-43-44-45-46-47-48-50-52-54-56-58-60-62-64-66-68-70-72-74-76-78-80-86(90)87-84(83-94-95(91,92)93-82-81-88(3,4)5)85(89)79-77-75-73-71-69-67-65-63-61-59-57-55-53-51-49-39-37-35-33-31-29-27-25-23-21-19-17-15-13-11-9-7-2/h8,10,14,16,20,22,26,28,69,71,77,79,84-85,89H,6-7,9,11-13,15,17-19,21,23-25,27,29-68,70,72-76,78,80-83H2,1-5H3,(H-,87,90,91,92)/p+1/b10-8-,16-14-,22-20-,28-26-,71-69+,79-77+. The second-order valence-corrected chi connectivity index (χ2v) is 31.3. The molecule has 0 saturated heterocycles. The van der Waals surface area contributed by atoms with Gasteiger partial charge < -0.3 is 19.8 Å². The summed E-state index contributed by atoms with van der Waals surface area (Å²) in [5.74, 6) is -0.178. The minimum atomic E-state index is -4.37. The molecule has 3 N–H and O–H groups in total. The van der Waals surface area contributed by atoms with E-state index >= 15 is 0 Å². The average Bonchev–Trinajstić information content (AvgIpc) is 2.01. The minimum Gasteiger partial charge on any atom is -0.387 e. The van der Waals surface area contributed by atoms with E-state index in [4.69, 9.17) is 9.05 Å². The van der Waals surface area contributed by atoms with Gasteiger partial charge in [-0.15, -0.1) is 0 Å². The van der Waals surface area contributed by atoms with Crippen molar-refractivity contribution < 1.29 is 32.9 Å². The van der Waals surface area contributed by atoms with Gasteiger partial charge in [0.05, 0.1) is 39.9 Å². The Morgan fingerprint density at radius 3 is 0.968 bits per heavy atom. The van der Waals surface area contributed by atoms with Gasteiger partial charge in [0.2, 0.25) is 5.91 Å². The molecule has 1 amide bonds. The second kappa shape index (κ2) is 76.1. The van der Waals surface area contributed by atoms with E-state index in [0.717, 1.165) is 64.2 Å². The maximum absolute atomic E-state index is 13.1. The zero-order valence-electron chi connectivity index (χ0n) is 64.2. The highest BCUT2D eigenvalue weighted by Crippen LogP contribution is 2.43. The van der Waals surface area contributed by atoms with Crippen LogP contribution in [0, 0.1) is 0 Å². The highest BCUT2D eigenvalue weighted by atomic mass is 31.2. The molecule has 95 heavy (non-hydrogen) atoms. The number of allylic oxidation sites excluding steroid dienone is 11. The summed E-state index contributed by atoms with van der Waals surface area (Å²) in [5.41, 5.74) is 0. The number of hydrogen-bond donors (Lipinski definition) is 3. The molecule has 0 fully saturated rings. The molecule has 3 unspecified atom stereocenters. The Balaban J connectivity index is 3.93. The maximum Gasteiger partial charge on any atom is 0.472 e. The van der Waals surface area contributed by atoms with Gasteiger partial charge in [-0.2, -0.15) is 0 Å². The molecule has 558 valence electrons. The van der Waals surface area contributed by atoms with Crippen LogP contribution in [0.15, 0.2) is 72.9 Å². The van der Waals surface area contributed by atoms with E-state index in [1.165, 1.54) is 334 Å². The number of amides is 1. The van der Waals surface area contributed by atoms with Crippen LogP contribution in [0.3, 0.4) is 0 Å². The van der Waals surface area contributed by atoms with Crippen molar-refractivity contribution in [2.24, 2.45) is 0 Å². The Kier molecular flexibility index (Phi) is 74.5. The first-order chi connectivity index (χ1) is 46.5. The van der Waals surface area contributed by atoms with Crippen molar-refractivity contribution in [3.05, 3.63) is 72.9 Å². The molecule has 0 spiro atoms. The quantitative estimate of drug-likeness (QED) is 0.0243. The monoisotopic (exact) mass is 1350 g/mol. The first-order valence-electron chi connectivity index (χ1n) is 41.8. The maximum atomic E-state index is 13.1. The van der Waals surface area contributed by atoms with Crippen LogP contribution in [0.1, 0.15) is 418 Å². The smallest absolute Gasteiger partial charge is 0.387 e. The summed E-state index contributed by atoms with van der Waals surface area (Å²) in [6, 6.07) is -0.866. The summed E-state index contributed by atoms with van der Waals surface area (Å²) >= 11 is 0. The summed E-state index contributed by atoms with van der Waals surface area (Å²) in [7, 11) is 1.57. The zero-order valence-corrected chi connectivity index (χ0v) is 65.1. The van der Waals surface area contributed by atoms with Crippen molar-refractivity contribution in [3.63, 3.8) is 0 Å². The van der Waals surface area contributed by atoms with E-state index in [1.807, 2.05) is 27.2 Å². The number of likely N-dealkylation sites (N-methyl/N-ethyl adjacent to an activating group) is 1. The van der Waals surface area contributed by atoms with Crippen LogP contribution in [-0.4, -0.2) is 73.4 Å². The molecule has 0 radical (unpaired) electrons. The van der Waals surface area contributed by atoms with E-state index in [1.54, 1.807) is 6.08 Å². The van der Waals surface area contributed by atoms with E-state index in [0.29, 0.717) is 17.4 Å². The van der Waals surface area contributed by atoms with Crippen LogP contribution < -0.4 is 5.32 Å². The molecule has 0 bridgehead atoms. The minimum absolute atomic E-state index is 0.0572. The highest BCUT2D eigenvalue weighted by molar-refractivity contribution is 7.47. The molecule has 0 aliphatic carbocycles. The fourth-order valence-corrected chi connectivity index (χ4v) is 13.5. The molecule has 0 aliphatic rings. The predicted octanol–water partition coefficient (Wildman–Crippen LogP) is 27.6. The third kappa shape index (κ3) is 79.1. The van der Waals surface area contributed by atoms with Crippen molar-refractivity contribution in [1.29, 1.82) is 0 Å². The molecule has 0 aromatic carbocycles. The lowest BCUT2D eigenvalue weighted by Crippen LogP contribution is -2.45. The number of carbonyl (C=O) groups excluding carboxylic acids is 1. The van der Waals surface area contributed by atoms with Crippen molar-refractivity contribution >= 4 is 13.7 Å². The van der Waals surface area contributed by atoms with Crippen LogP contribution in [0.2, 0.25) is 0 Å². The molecule has 9 heteroatoms. The lowest BCUT2D eigenvalue weighted by molar-refractivity contribution is -0.870. The first kappa shape index (κ1) is 92.9. The Labute approximate surface area is 593 Å². The predicted molar refractivity (Wildman–Crippen MR) is 420 cm³/mol. The van der Waals surface area contributed by atoms with Gasteiger partial charge in [0.15, 0.2) is 0 Å². The van der Waals surface area contributed by atoms with Gasteiger partial charge in [-0.3, -0.25) is 13.8 Å². The third-order valence-electron chi connectivity index (χ3n) is 19.2. The first-order valence-corrected chi connectivity index (χ1v) is 43.3. The summed E-state index contributed by atoms with van der Waals surface area (Å²) in [6.07, 6.45) is 108. The molecule has 8 nitrogen and oxygen atoms in total. The second-order valence-electron chi connectivity index (χ2n) is 29.8.